The van der Waals surface area contributed by atoms with Crippen molar-refractivity contribution < 1.29 is 19.1 Å². The summed E-state index contributed by atoms with van der Waals surface area (Å²) in [5.74, 6) is 1.66. The van der Waals surface area contributed by atoms with Gasteiger partial charge in [-0.1, -0.05) is 25.3 Å². The van der Waals surface area contributed by atoms with E-state index in [4.69, 9.17) is 9.47 Å². The van der Waals surface area contributed by atoms with Crippen molar-refractivity contribution in [2.75, 3.05) is 13.3 Å². The molecule has 0 bridgehead atoms. The van der Waals surface area contributed by atoms with E-state index in [-0.39, 0.29) is 17.9 Å². The Kier molecular flexibility index (Phi) is 4.22. The molecule has 2 amide bonds. The maximum Gasteiger partial charge on any atom is 0.293 e. The minimum atomic E-state index is -0.173. The zero-order valence-corrected chi connectivity index (χ0v) is 14.1. The smallest absolute Gasteiger partial charge is 0.293 e. The standard InChI is InChI=1S/C18H19NO4S/c20-17-16(9-13-6-7-14-15(8-13)23-11-22-14)24-18(21)19(17)10-12-4-2-1-3-5-12/h6-9,12H,1-5,10-11H2/b16-9+. The number of imide groups is 1. The van der Waals surface area contributed by atoms with Gasteiger partial charge < -0.3 is 9.47 Å². The number of amides is 2. The molecule has 2 heterocycles. The fraction of sp³-hybridized carbons (Fsp3) is 0.444. The lowest BCUT2D eigenvalue weighted by Crippen LogP contribution is -2.34. The van der Waals surface area contributed by atoms with E-state index in [1.807, 2.05) is 18.2 Å². The first-order valence-corrected chi connectivity index (χ1v) is 9.17. The number of hydrogen-bond donors (Lipinski definition) is 0. The predicted molar refractivity (Wildman–Crippen MR) is 91.8 cm³/mol. The first-order chi connectivity index (χ1) is 11.7. The van der Waals surface area contributed by atoms with Crippen molar-refractivity contribution in [3.8, 4) is 11.5 Å². The van der Waals surface area contributed by atoms with E-state index in [2.05, 4.69) is 0 Å². The summed E-state index contributed by atoms with van der Waals surface area (Å²) in [7, 11) is 0. The molecule has 0 spiro atoms. The minimum Gasteiger partial charge on any atom is -0.454 e. The van der Waals surface area contributed by atoms with Crippen LogP contribution in [0.15, 0.2) is 23.1 Å². The van der Waals surface area contributed by atoms with E-state index >= 15 is 0 Å². The molecular formula is C18H19NO4S. The minimum absolute atomic E-state index is 0.155. The second-order valence-electron chi connectivity index (χ2n) is 6.41. The highest BCUT2D eigenvalue weighted by atomic mass is 32.2. The van der Waals surface area contributed by atoms with Gasteiger partial charge in [-0.05, 0) is 54.3 Å². The summed E-state index contributed by atoms with van der Waals surface area (Å²) < 4.78 is 10.6. The molecule has 5 nitrogen and oxygen atoms in total. The topological polar surface area (TPSA) is 55.8 Å². The van der Waals surface area contributed by atoms with Crippen LogP contribution < -0.4 is 9.47 Å². The Hall–Kier alpha value is -1.95. The summed E-state index contributed by atoms with van der Waals surface area (Å²) >= 11 is 1.02. The van der Waals surface area contributed by atoms with Crippen LogP contribution in [0.5, 0.6) is 11.5 Å². The van der Waals surface area contributed by atoms with Gasteiger partial charge in [-0.2, -0.15) is 0 Å². The first-order valence-electron chi connectivity index (χ1n) is 8.36. The SMILES string of the molecule is O=C1S/C(=C/c2ccc3c(c2)OCO3)C(=O)N1CC1CCCCC1. The van der Waals surface area contributed by atoms with Gasteiger partial charge in [-0.3, -0.25) is 14.5 Å². The number of carbonyl (C=O) groups is 2. The Labute approximate surface area is 145 Å². The Morgan fingerprint density at radius 1 is 1.12 bits per heavy atom. The number of fused-ring (bicyclic) bond motifs is 1. The lowest BCUT2D eigenvalue weighted by Gasteiger charge is -2.25. The highest BCUT2D eigenvalue weighted by molar-refractivity contribution is 8.18. The number of carbonyl (C=O) groups excluding carboxylic acids is 2. The fourth-order valence-corrected chi connectivity index (χ4v) is 4.29. The van der Waals surface area contributed by atoms with E-state index in [1.54, 1.807) is 6.08 Å². The van der Waals surface area contributed by atoms with Crippen molar-refractivity contribution >= 4 is 29.0 Å². The van der Waals surface area contributed by atoms with Gasteiger partial charge in [0.2, 0.25) is 6.79 Å². The van der Waals surface area contributed by atoms with Gasteiger partial charge in [0.05, 0.1) is 4.91 Å². The van der Waals surface area contributed by atoms with Crippen molar-refractivity contribution in [2.24, 2.45) is 5.92 Å². The molecular weight excluding hydrogens is 326 g/mol. The van der Waals surface area contributed by atoms with Gasteiger partial charge >= 0.3 is 0 Å². The Morgan fingerprint density at radius 3 is 2.75 bits per heavy atom. The van der Waals surface area contributed by atoms with Gasteiger partial charge in [-0.15, -0.1) is 0 Å². The van der Waals surface area contributed by atoms with Crippen molar-refractivity contribution in [3.63, 3.8) is 0 Å². The Bertz CT molecular complexity index is 709. The van der Waals surface area contributed by atoms with Crippen molar-refractivity contribution in [3.05, 3.63) is 28.7 Å². The normalized spacial score (nSPS) is 22.7. The van der Waals surface area contributed by atoms with Crippen molar-refractivity contribution in [2.45, 2.75) is 32.1 Å². The van der Waals surface area contributed by atoms with Crippen LogP contribution >= 0.6 is 11.8 Å². The Morgan fingerprint density at radius 2 is 1.92 bits per heavy atom. The van der Waals surface area contributed by atoms with E-state index in [9.17, 15) is 9.59 Å². The molecule has 2 fully saturated rings. The molecule has 1 aromatic carbocycles. The van der Waals surface area contributed by atoms with E-state index in [1.165, 1.54) is 24.2 Å². The number of benzene rings is 1. The number of nitrogens with zero attached hydrogens (tertiary/aromatic N) is 1. The van der Waals surface area contributed by atoms with E-state index in [0.717, 1.165) is 30.2 Å². The molecule has 0 atom stereocenters. The molecule has 6 heteroatoms. The van der Waals surface area contributed by atoms with Crippen molar-refractivity contribution in [1.29, 1.82) is 0 Å². The third-order valence-electron chi connectivity index (χ3n) is 4.73. The first kappa shape index (κ1) is 15.6. The van der Waals surface area contributed by atoms with Gasteiger partial charge in [0.25, 0.3) is 11.1 Å². The number of ether oxygens (including phenoxy) is 2. The molecule has 3 aliphatic rings. The second-order valence-corrected chi connectivity index (χ2v) is 7.40. The van der Waals surface area contributed by atoms with Crippen LogP contribution in [0.4, 0.5) is 4.79 Å². The maximum atomic E-state index is 12.6. The molecule has 0 radical (unpaired) electrons. The molecule has 24 heavy (non-hydrogen) atoms. The average molecular weight is 345 g/mol. The monoisotopic (exact) mass is 345 g/mol. The summed E-state index contributed by atoms with van der Waals surface area (Å²) in [4.78, 5) is 26.7. The van der Waals surface area contributed by atoms with Crippen LogP contribution in [0.3, 0.4) is 0 Å². The largest absolute Gasteiger partial charge is 0.454 e. The second kappa shape index (κ2) is 6.51. The van der Waals surface area contributed by atoms with Gasteiger partial charge in [0, 0.05) is 6.54 Å². The fourth-order valence-electron chi connectivity index (χ4n) is 3.44. The summed E-state index contributed by atoms with van der Waals surface area (Å²) in [6.07, 6.45) is 7.66. The quantitative estimate of drug-likeness (QED) is 0.774. The van der Waals surface area contributed by atoms with Crippen LogP contribution in [0.25, 0.3) is 6.08 Å². The Balaban J connectivity index is 1.50. The van der Waals surface area contributed by atoms with Crippen LogP contribution in [0.1, 0.15) is 37.7 Å². The lowest BCUT2D eigenvalue weighted by molar-refractivity contribution is -0.123. The molecule has 1 aliphatic carbocycles. The van der Waals surface area contributed by atoms with Crippen LogP contribution in [-0.4, -0.2) is 29.4 Å². The summed E-state index contributed by atoms with van der Waals surface area (Å²) in [5, 5.41) is -0.155. The van der Waals surface area contributed by atoms with Crippen molar-refractivity contribution in [1.82, 2.24) is 4.90 Å². The van der Waals surface area contributed by atoms with Crippen LogP contribution in [-0.2, 0) is 4.79 Å². The highest BCUT2D eigenvalue weighted by Crippen LogP contribution is 2.37. The number of thioether (sulfide) groups is 1. The molecule has 4 rings (SSSR count). The zero-order valence-electron chi connectivity index (χ0n) is 13.3. The van der Waals surface area contributed by atoms with Gasteiger partial charge in [0.1, 0.15) is 0 Å². The van der Waals surface area contributed by atoms with E-state index in [0.29, 0.717) is 28.9 Å². The third kappa shape index (κ3) is 3.02. The number of hydrogen-bond acceptors (Lipinski definition) is 5. The molecule has 1 saturated carbocycles. The maximum absolute atomic E-state index is 12.6. The van der Waals surface area contributed by atoms with Gasteiger partial charge in [-0.25, -0.2) is 0 Å². The molecule has 1 aromatic rings. The molecule has 126 valence electrons. The molecule has 0 aromatic heterocycles. The molecule has 0 unspecified atom stereocenters. The summed E-state index contributed by atoms with van der Waals surface area (Å²) in [6, 6.07) is 5.51. The van der Waals surface area contributed by atoms with E-state index < -0.39 is 0 Å². The van der Waals surface area contributed by atoms with Crippen LogP contribution in [0.2, 0.25) is 0 Å². The lowest BCUT2D eigenvalue weighted by atomic mass is 9.89. The molecule has 2 aliphatic heterocycles. The third-order valence-corrected chi connectivity index (χ3v) is 5.64. The summed E-state index contributed by atoms with van der Waals surface area (Å²) in [5.41, 5.74) is 0.836. The molecule has 1 saturated heterocycles. The summed E-state index contributed by atoms with van der Waals surface area (Å²) in [6.45, 7) is 0.778. The van der Waals surface area contributed by atoms with Crippen LogP contribution in [0, 0.1) is 5.92 Å². The molecule has 0 N–H and O–H groups in total. The predicted octanol–water partition coefficient (Wildman–Crippen LogP) is 4.03. The average Bonchev–Trinajstić information content (AvgIpc) is 3.16. The zero-order chi connectivity index (χ0) is 16.5. The van der Waals surface area contributed by atoms with Gasteiger partial charge in [0.15, 0.2) is 11.5 Å². The number of rotatable bonds is 3. The highest BCUT2D eigenvalue weighted by Gasteiger charge is 2.36.